The van der Waals surface area contributed by atoms with Gasteiger partial charge in [0.05, 0.1) is 26.4 Å². The molecule has 9 heteroatoms. The Kier molecular flexibility index (Phi) is 9.67. The molecule has 0 amide bonds. The molecule has 0 aromatic carbocycles. The minimum Gasteiger partial charge on any atom is -0.308 e. The topological polar surface area (TPSA) is 84.0 Å². The lowest BCUT2D eigenvalue weighted by Crippen LogP contribution is -2.35. The molecule has 7 nitrogen and oxygen atoms in total. The average Bonchev–Trinajstić information content (AvgIpc) is 2.61. The molecular weight excluding hydrogens is 376 g/mol. The summed E-state index contributed by atoms with van der Waals surface area (Å²) in [7, 11) is -7.70. The van der Waals surface area contributed by atoms with Gasteiger partial charge in [-0.3, -0.25) is 14.1 Å². The molecule has 0 saturated carbocycles. The molecule has 1 aromatic heterocycles. The van der Waals surface area contributed by atoms with E-state index in [1.807, 2.05) is 6.07 Å². The lowest BCUT2D eigenvalue weighted by atomic mass is 10.1. The van der Waals surface area contributed by atoms with Gasteiger partial charge in [0.15, 0.2) is 4.90 Å². The largest absolute Gasteiger partial charge is 0.349 e. The van der Waals surface area contributed by atoms with Crippen LogP contribution in [0.15, 0.2) is 24.5 Å². The van der Waals surface area contributed by atoms with Crippen LogP contribution in [-0.4, -0.2) is 36.3 Å². The van der Waals surface area contributed by atoms with Crippen LogP contribution in [-0.2, 0) is 33.6 Å². The fourth-order valence-electron chi connectivity index (χ4n) is 2.92. The van der Waals surface area contributed by atoms with E-state index in [1.165, 1.54) is 0 Å². The van der Waals surface area contributed by atoms with Crippen LogP contribution in [0.25, 0.3) is 0 Å². The van der Waals surface area contributed by atoms with Crippen LogP contribution in [0, 0.1) is 0 Å². The van der Waals surface area contributed by atoms with E-state index < -0.39 is 20.1 Å². The van der Waals surface area contributed by atoms with Crippen molar-refractivity contribution in [2.45, 2.75) is 52.4 Å². The summed E-state index contributed by atoms with van der Waals surface area (Å²) in [6.45, 7) is 9.32. The molecule has 1 heterocycles. The van der Waals surface area contributed by atoms with Crippen LogP contribution in [0.5, 0.6) is 0 Å². The normalized spacial score (nSPS) is 13.1. The van der Waals surface area contributed by atoms with Gasteiger partial charge in [0.1, 0.15) is 0 Å². The summed E-state index contributed by atoms with van der Waals surface area (Å²) in [6, 6.07) is 3.61. The zero-order valence-corrected chi connectivity index (χ0v) is 18.1. The van der Waals surface area contributed by atoms with Crippen LogP contribution in [0.3, 0.4) is 0 Å². The molecule has 0 aliphatic carbocycles. The van der Waals surface area contributed by atoms with Crippen molar-refractivity contribution in [2.24, 2.45) is 0 Å². The summed E-state index contributed by atoms with van der Waals surface area (Å²) >= 11 is 0. The second-order valence-corrected chi connectivity index (χ2v) is 10.6. The molecule has 0 aliphatic heterocycles. The first-order valence-corrected chi connectivity index (χ1v) is 12.1. The maximum absolute atomic E-state index is 13.9. The third-order valence-corrected chi connectivity index (χ3v) is 10.8. The van der Waals surface area contributed by atoms with Crippen LogP contribution >= 0.6 is 15.2 Å². The van der Waals surface area contributed by atoms with Gasteiger partial charge in [-0.1, -0.05) is 13.0 Å². The van der Waals surface area contributed by atoms with Crippen molar-refractivity contribution >= 4 is 15.2 Å². The Morgan fingerprint density at radius 2 is 1.35 bits per heavy atom. The van der Waals surface area contributed by atoms with Gasteiger partial charge in [-0.15, -0.1) is 0 Å². The second kappa shape index (κ2) is 10.7. The summed E-state index contributed by atoms with van der Waals surface area (Å²) in [5.41, 5.74) is 0.758. The van der Waals surface area contributed by atoms with Crippen molar-refractivity contribution in [1.82, 2.24) is 4.98 Å². The van der Waals surface area contributed by atoms with E-state index >= 15 is 0 Å². The molecule has 1 aromatic rings. The number of pyridine rings is 1. The molecule has 1 rings (SSSR count). The highest BCUT2D eigenvalue weighted by molar-refractivity contribution is 7.74. The van der Waals surface area contributed by atoms with Gasteiger partial charge >= 0.3 is 15.2 Å². The first-order chi connectivity index (χ1) is 12.4. The fourth-order valence-corrected chi connectivity index (χ4v) is 8.81. The maximum atomic E-state index is 13.9. The Morgan fingerprint density at radius 1 is 0.885 bits per heavy atom. The predicted molar refractivity (Wildman–Crippen MR) is 103 cm³/mol. The molecule has 0 unspecified atom stereocenters. The standard InChI is InChI=1S/C17H31NO6P2/c1-6-17(14-16-12-11-13-18-15-16,25(19,21-7-2)22-8-3)26(20,23-9-4)24-10-5/h11-13,15H,6-10,14H2,1-5H3. The highest BCUT2D eigenvalue weighted by Crippen LogP contribution is 2.79. The Morgan fingerprint density at radius 3 is 1.65 bits per heavy atom. The van der Waals surface area contributed by atoms with Crippen molar-refractivity contribution in [2.75, 3.05) is 26.4 Å². The first-order valence-electron chi connectivity index (χ1n) is 9.05. The average molecular weight is 407 g/mol. The fraction of sp³-hybridized carbons (Fsp3) is 0.706. The van der Waals surface area contributed by atoms with Crippen LogP contribution < -0.4 is 0 Å². The van der Waals surface area contributed by atoms with E-state index in [4.69, 9.17) is 18.1 Å². The summed E-state index contributed by atoms with van der Waals surface area (Å²) in [5.74, 6) is 0. The van der Waals surface area contributed by atoms with E-state index in [2.05, 4.69) is 4.98 Å². The summed E-state index contributed by atoms with van der Waals surface area (Å²) in [6.07, 6.45) is 3.67. The van der Waals surface area contributed by atoms with Gasteiger partial charge in [-0.25, -0.2) is 0 Å². The van der Waals surface area contributed by atoms with E-state index in [0.29, 0.717) is 0 Å². The van der Waals surface area contributed by atoms with E-state index in [0.717, 1.165) is 5.56 Å². The van der Waals surface area contributed by atoms with Gasteiger partial charge < -0.3 is 18.1 Å². The molecule has 0 saturated heterocycles. The molecule has 0 fully saturated rings. The quantitative estimate of drug-likeness (QED) is 0.412. The number of rotatable bonds is 13. The number of aromatic nitrogens is 1. The molecule has 150 valence electrons. The third kappa shape index (κ3) is 4.83. The van der Waals surface area contributed by atoms with Gasteiger partial charge in [-0.05, 0) is 45.7 Å². The van der Waals surface area contributed by atoms with Crippen molar-refractivity contribution in [3.05, 3.63) is 30.1 Å². The Labute approximate surface area is 156 Å². The molecule has 26 heavy (non-hydrogen) atoms. The second-order valence-electron chi connectivity index (χ2n) is 5.54. The molecule has 0 bridgehead atoms. The van der Waals surface area contributed by atoms with Crippen molar-refractivity contribution < 1.29 is 27.2 Å². The maximum Gasteiger partial charge on any atom is 0.349 e. The Balaban J connectivity index is 3.64. The molecule has 0 aliphatic rings. The van der Waals surface area contributed by atoms with Crippen molar-refractivity contribution in [1.29, 1.82) is 0 Å². The third-order valence-electron chi connectivity index (χ3n) is 3.99. The van der Waals surface area contributed by atoms with Crippen LogP contribution in [0.2, 0.25) is 0 Å². The van der Waals surface area contributed by atoms with Gasteiger partial charge in [0.25, 0.3) is 0 Å². The molecule has 0 radical (unpaired) electrons. The van der Waals surface area contributed by atoms with Crippen molar-refractivity contribution in [3.8, 4) is 0 Å². The molecule has 0 spiro atoms. The Bertz CT molecular complexity index is 575. The molecule has 0 atom stereocenters. The predicted octanol–water partition coefficient (Wildman–Crippen LogP) is 5.26. The van der Waals surface area contributed by atoms with Gasteiger partial charge in [-0.2, -0.15) is 0 Å². The highest BCUT2D eigenvalue weighted by atomic mass is 31.2. The smallest absolute Gasteiger partial charge is 0.308 e. The number of hydrogen-bond donors (Lipinski definition) is 0. The zero-order chi connectivity index (χ0) is 19.7. The minimum absolute atomic E-state index is 0.145. The first kappa shape index (κ1) is 23.5. The van der Waals surface area contributed by atoms with E-state index in [-0.39, 0.29) is 39.3 Å². The Hall–Kier alpha value is -0.550. The molecular formula is C17H31NO6P2. The number of hydrogen-bond acceptors (Lipinski definition) is 7. The van der Waals surface area contributed by atoms with E-state index in [9.17, 15) is 9.13 Å². The zero-order valence-electron chi connectivity index (χ0n) is 16.3. The lowest BCUT2D eigenvalue weighted by molar-refractivity contribution is 0.175. The lowest BCUT2D eigenvalue weighted by Gasteiger charge is -2.41. The van der Waals surface area contributed by atoms with Crippen LogP contribution in [0.1, 0.15) is 46.6 Å². The summed E-state index contributed by atoms with van der Waals surface area (Å²) < 4.78 is 50.2. The SMILES string of the molecule is CCOP(=O)(OCC)C(CC)(Cc1cccnc1)P(=O)(OCC)OCC. The number of nitrogens with zero attached hydrogens (tertiary/aromatic N) is 1. The summed E-state index contributed by atoms with van der Waals surface area (Å²) in [5, 5.41) is 0. The summed E-state index contributed by atoms with van der Waals surface area (Å²) in [4.78, 5) is 2.65. The van der Waals surface area contributed by atoms with E-state index in [1.54, 1.807) is 53.1 Å². The monoisotopic (exact) mass is 407 g/mol. The van der Waals surface area contributed by atoms with Gasteiger partial charge in [0, 0.05) is 18.8 Å². The van der Waals surface area contributed by atoms with Crippen LogP contribution in [0.4, 0.5) is 0 Å². The van der Waals surface area contributed by atoms with Gasteiger partial charge in [0.2, 0.25) is 0 Å². The molecule has 0 N–H and O–H groups in total. The minimum atomic E-state index is -3.85. The van der Waals surface area contributed by atoms with Crippen molar-refractivity contribution in [3.63, 3.8) is 0 Å². The highest BCUT2D eigenvalue weighted by Gasteiger charge is 2.63.